The Labute approximate surface area is 97.9 Å². The van der Waals surface area contributed by atoms with Crippen molar-refractivity contribution in [2.45, 2.75) is 0 Å². The van der Waals surface area contributed by atoms with Crippen molar-refractivity contribution in [3.8, 4) is 17.2 Å². The van der Waals surface area contributed by atoms with E-state index in [1.807, 2.05) is 0 Å². The molecule has 0 saturated carbocycles. The van der Waals surface area contributed by atoms with Crippen LogP contribution in [0.25, 0.3) is 11.0 Å². The van der Waals surface area contributed by atoms with Gasteiger partial charge in [0.15, 0.2) is 23.5 Å². The number of benzene rings is 1. The van der Waals surface area contributed by atoms with Gasteiger partial charge in [-0.05, 0) is 6.07 Å². The van der Waals surface area contributed by atoms with E-state index in [1.165, 1.54) is 21.3 Å². The third-order valence-electron chi connectivity index (χ3n) is 2.46. The molecule has 1 aromatic carbocycles. The smallest absolute Gasteiger partial charge is 0.204 e. The molecule has 17 heavy (non-hydrogen) atoms. The van der Waals surface area contributed by atoms with Gasteiger partial charge in [0.2, 0.25) is 5.75 Å². The summed E-state index contributed by atoms with van der Waals surface area (Å²) in [5.74, 6) is 1.68. The van der Waals surface area contributed by atoms with Crippen LogP contribution in [0.15, 0.2) is 16.5 Å². The second-order valence-electron chi connectivity index (χ2n) is 3.32. The Balaban J connectivity index is 2.80. The first-order chi connectivity index (χ1) is 8.24. The maximum Gasteiger partial charge on any atom is 0.204 e. The maximum absolute atomic E-state index is 10.7. The van der Waals surface area contributed by atoms with Crippen LogP contribution in [0.5, 0.6) is 17.2 Å². The Morgan fingerprint density at radius 3 is 2.29 bits per heavy atom. The highest BCUT2D eigenvalue weighted by Crippen LogP contribution is 2.44. The van der Waals surface area contributed by atoms with E-state index in [4.69, 9.17) is 18.6 Å². The lowest BCUT2D eigenvalue weighted by Gasteiger charge is -2.11. The van der Waals surface area contributed by atoms with Crippen molar-refractivity contribution in [2.75, 3.05) is 21.3 Å². The molecule has 1 heterocycles. The van der Waals surface area contributed by atoms with Gasteiger partial charge >= 0.3 is 0 Å². The van der Waals surface area contributed by atoms with Crippen LogP contribution in [0.3, 0.4) is 0 Å². The molecule has 0 saturated heterocycles. The molecule has 0 amide bonds. The van der Waals surface area contributed by atoms with Crippen molar-refractivity contribution in [2.24, 2.45) is 0 Å². The van der Waals surface area contributed by atoms with Crippen molar-refractivity contribution in [3.05, 3.63) is 17.9 Å². The standard InChI is InChI=1S/C12H12O5/c1-14-10-5-9-8(4-7(6-13)17-9)11(15-2)12(10)16-3/h4-6H,1-3H3. The monoisotopic (exact) mass is 236 g/mol. The SMILES string of the molecule is COc1cc2oc(C=O)cc2c(OC)c1OC. The molecule has 1 aromatic heterocycles. The number of rotatable bonds is 4. The average Bonchev–Trinajstić information content (AvgIpc) is 2.78. The average molecular weight is 236 g/mol. The third-order valence-corrected chi connectivity index (χ3v) is 2.46. The van der Waals surface area contributed by atoms with E-state index < -0.39 is 0 Å². The zero-order valence-electron chi connectivity index (χ0n) is 9.77. The van der Waals surface area contributed by atoms with E-state index in [-0.39, 0.29) is 5.76 Å². The predicted octanol–water partition coefficient (Wildman–Crippen LogP) is 2.27. The Morgan fingerprint density at radius 2 is 1.76 bits per heavy atom. The molecular formula is C12H12O5. The van der Waals surface area contributed by atoms with E-state index >= 15 is 0 Å². The fraction of sp³-hybridized carbons (Fsp3) is 0.250. The number of ether oxygens (including phenoxy) is 3. The van der Waals surface area contributed by atoms with Crippen molar-refractivity contribution in [3.63, 3.8) is 0 Å². The summed E-state index contributed by atoms with van der Waals surface area (Å²) in [7, 11) is 4.56. The molecule has 2 rings (SSSR count). The van der Waals surface area contributed by atoms with Crippen LogP contribution in [-0.4, -0.2) is 27.6 Å². The van der Waals surface area contributed by atoms with Gasteiger partial charge in [-0.25, -0.2) is 0 Å². The van der Waals surface area contributed by atoms with Crippen LogP contribution in [0, 0.1) is 0 Å². The molecule has 5 heteroatoms. The number of fused-ring (bicyclic) bond motifs is 1. The Bertz CT molecular complexity index is 556. The van der Waals surface area contributed by atoms with Crippen LogP contribution in [0.4, 0.5) is 0 Å². The summed E-state index contributed by atoms with van der Waals surface area (Å²) >= 11 is 0. The second-order valence-corrected chi connectivity index (χ2v) is 3.32. The molecule has 0 bridgehead atoms. The first-order valence-corrected chi connectivity index (χ1v) is 4.92. The summed E-state index contributed by atoms with van der Waals surface area (Å²) in [4.78, 5) is 10.7. The Kier molecular flexibility index (Phi) is 2.91. The first kappa shape index (κ1) is 11.3. The molecule has 0 aliphatic carbocycles. The minimum absolute atomic E-state index is 0.230. The lowest BCUT2D eigenvalue weighted by molar-refractivity contribution is 0.110. The quantitative estimate of drug-likeness (QED) is 0.762. The van der Waals surface area contributed by atoms with Crippen molar-refractivity contribution < 1.29 is 23.4 Å². The van der Waals surface area contributed by atoms with Crippen LogP contribution in [0.1, 0.15) is 10.6 Å². The summed E-state index contributed by atoms with van der Waals surface area (Å²) in [5, 5.41) is 0.673. The molecule has 5 nitrogen and oxygen atoms in total. The molecule has 0 spiro atoms. The van der Waals surface area contributed by atoms with E-state index in [1.54, 1.807) is 12.1 Å². The van der Waals surface area contributed by atoms with Gasteiger partial charge in [0.05, 0.1) is 26.7 Å². The van der Waals surface area contributed by atoms with Gasteiger partial charge in [-0.15, -0.1) is 0 Å². The van der Waals surface area contributed by atoms with Gasteiger partial charge in [0.25, 0.3) is 0 Å². The summed E-state index contributed by atoms with van der Waals surface area (Å²) in [5.41, 5.74) is 0.515. The van der Waals surface area contributed by atoms with E-state index in [0.717, 1.165) is 0 Å². The normalized spacial score (nSPS) is 10.3. The number of aldehydes is 1. The minimum atomic E-state index is 0.230. The van der Waals surface area contributed by atoms with Gasteiger partial charge in [-0.3, -0.25) is 4.79 Å². The summed E-state index contributed by atoms with van der Waals surface area (Å²) in [6, 6.07) is 3.26. The fourth-order valence-corrected chi connectivity index (χ4v) is 1.73. The van der Waals surface area contributed by atoms with Crippen molar-refractivity contribution >= 4 is 17.3 Å². The highest BCUT2D eigenvalue weighted by molar-refractivity contribution is 5.93. The lowest BCUT2D eigenvalue weighted by atomic mass is 10.2. The molecule has 0 aliphatic heterocycles. The molecule has 0 radical (unpaired) electrons. The summed E-state index contributed by atoms with van der Waals surface area (Å²) in [6.07, 6.45) is 0.637. The molecule has 0 N–H and O–H groups in total. The second kappa shape index (κ2) is 4.37. The molecule has 0 atom stereocenters. The largest absolute Gasteiger partial charge is 0.493 e. The number of carbonyl (C=O) groups excluding carboxylic acids is 1. The lowest BCUT2D eigenvalue weighted by Crippen LogP contribution is -1.94. The minimum Gasteiger partial charge on any atom is -0.493 e. The predicted molar refractivity (Wildman–Crippen MR) is 61.3 cm³/mol. The molecule has 0 aliphatic rings. The summed E-state index contributed by atoms with van der Waals surface area (Å²) in [6.45, 7) is 0. The zero-order valence-corrected chi connectivity index (χ0v) is 9.77. The van der Waals surface area contributed by atoms with Crippen molar-refractivity contribution in [1.29, 1.82) is 0 Å². The Hall–Kier alpha value is -2.17. The first-order valence-electron chi connectivity index (χ1n) is 4.92. The van der Waals surface area contributed by atoms with E-state index in [0.29, 0.717) is 34.5 Å². The van der Waals surface area contributed by atoms with Crippen LogP contribution < -0.4 is 14.2 Å². The van der Waals surface area contributed by atoms with Gasteiger partial charge in [0.1, 0.15) is 5.58 Å². The molecule has 0 unspecified atom stereocenters. The maximum atomic E-state index is 10.7. The van der Waals surface area contributed by atoms with E-state index in [9.17, 15) is 4.79 Å². The zero-order chi connectivity index (χ0) is 12.4. The number of hydrogen-bond acceptors (Lipinski definition) is 5. The molecule has 2 aromatic rings. The number of carbonyl (C=O) groups is 1. The highest BCUT2D eigenvalue weighted by Gasteiger charge is 2.18. The van der Waals surface area contributed by atoms with Gasteiger partial charge < -0.3 is 18.6 Å². The number of methoxy groups -OCH3 is 3. The Morgan fingerprint density at radius 1 is 1.06 bits per heavy atom. The highest BCUT2D eigenvalue weighted by atomic mass is 16.5. The molecule has 0 fully saturated rings. The van der Waals surface area contributed by atoms with E-state index in [2.05, 4.69) is 0 Å². The molecule has 90 valence electrons. The van der Waals surface area contributed by atoms with Crippen LogP contribution in [-0.2, 0) is 0 Å². The third kappa shape index (κ3) is 1.69. The van der Waals surface area contributed by atoms with Gasteiger partial charge in [-0.1, -0.05) is 0 Å². The van der Waals surface area contributed by atoms with Crippen molar-refractivity contribution in [1.82, 2.24) is 0 Å². The number of hydrogen-bond donors (Lipinski definition) is 0. The number of furan rings is 1. The summed E-state index contributed by atoms with van der Waals surface area (Å²) < 4.78 is 21.0. The molecular weight excluding hydrogens is 224 g/mol. The van der Waals surface area contributed by atoms with Gasteiger partial charge in [-0.2, -0.15) is 0 Å². The fourth-order valence-electron chi connectivity index (χ4n) is 1.73. The van der Waals surface area contributed by atoms with Gasteiger partial charge in [0, 0.05) is 6.07 Å². The van der Waals surface area contributed by atoms with Crippen LogP contribution in [0.2, 0.25) is 0 Å². The van der Waals surface area contributed by atoms with Crippen LogP contribution >= 0.6 is 0 Å². The topological polar surface area (TPSA) is 57.9 Å².